The summed E-state index contributed by atoms with van der Waals surface area (Å²) < 4.78 is 0. The SMILES string of the molecule is CC(O)C(C)(C)Nc1c([N+](=O)[O-])cnc2ccccc12. The molecule has 20 heavy (non-hydrogen) atoms. The molecule has 0 fully saturated rings. The molecule has 2 N–H and O–H groups in total. The number of anilines is 1. The second-order valence-corrected chi connectivity index (χ2v) is 5.32. The number of nitro groups is 1. The molecule has 2 aromatic rings. The molecule has 0 bridgehead atoms. The first-order valence-corrected chi connectivity index (χ1v) is 6.31. The van der Waals surface area contributed by atoms with Crippen molar-refractivity contribution in [2.45, 2.75) is 32.4 Å². The summed E-state index contributed by atoms with van der Waals surface area (Å²) >= 11 is 0. The number of hydrogen-bond acceptors (Lipinski definition) is 5. The van der Waals surface area contributed by atoms with Crippen LogP contribution in [0.3, 0.4) is 0 Å². The zero-order valence-electron chi connectivity index (χ0n) is 11.6. The first-order valence-electron chi connectivity index (χ1n) is 6.31. The summed E-state index contributed by atoms with van der Waals surface area (Å²) in [6.45, 7) is 5.22. The molecule has 106 valence electrons. The van der Waals surface area contributed by atoms with Crippen LogP contribution in [0.1, 0.15) is 20.8 Å². The van der Waals surface area contributed by atoms with E-state index in [1.54, 1.807) is 39.0 Å². The molecule has 1 aromatic heterocycles. The Morgan fingerprint density at radius 3 is 2.65 bits per heavy atom. The maximum atomic E-state index is 11.2. The van der Waals surface area contributed by atoms with Crippen molar-refractivity contribution < 1.29 is 10.0 Å². The summed E-state index contributed by atoms with van der Waals surface area (Å²) in [4.78, 5) is 14.8. The summed E-state index contributed by atoms with van der Waals surface area (Å²) in [5.41, 5.74) is 0.250. The van der Waals surface area contributed by atoms with Crippen LogP contribution in [-0.4, -0.2) is 26.7 Å². The number of nitrogens with zero attached hydrogens (tertiary/aromatic N) is 2. The number of aliphatic hydroxyl groups is 1. The van der Waals surface area contributed by atoms with Gasteiger partial charge in [0, 0.05) is 5.39 Å². The highest BCUT2D eigenvalue weighted by Gasteiger charge is 2.28. The normalized spacial score (nSPS) is 13.2. The minimum absolute atomic E-state index is 0.0996. The molecule has 0 aliphatic rings. The van der Waals surface area contributed by atoms with Gasteiger partial charge in [0.25, 0.3) is 0 Å². The van der Waals surface area contributed by atoms with Crippen LogP contribution >= 0.6 is 0 Å². The fraction of sp³-hybridized carbons (Fsp3) is 0.357. The first kappa shape index (κ1) is 14.2. The first-order chi connectivity index (χ1) is 9.33. The van der Waals surface area contributed by atoms with Crippen molar-refractivity contribution in [1.82, 2.24) is 4.98 Å². The number of nitrogens with one attached hydrogen (secondary N) is 1. The molecule has 1 heterocycles. The molecular formula is C14H17N3O3. The lowest BCUT2D eigenvalue weighted by Crippen LogP contribution is -2.42. The van der Waals surface area contributed by atoms with Crippen molar-refractivity contribution in [3.8, 4) is 0 Å². The zero-order valence-corrected chi connectivity index (χ0v) is 11.6. The second-order valence-electron chi connectivity index (χ2n) is 5.32. The van der Waals surface area contributed by atoms with Gasteiger partial charge in [0.15, 0.2) is 0 Å². The number of hydrogen-bond donors (Lipinski definition) is 2. The van der Waals surface area contributed by atoms with Gasteiger partial charge < -0.3 is 10.4 Å². The summed E-state index contributed by atoms with van der Waals surface area (Å²) in [5.74, 6) is 0. The lowest BCUT2D eigenvalue weighted by Gasteiger charge is -2.30. The Bertz CT molecular complexity index is 653. The highest BCUT2D eigenvalue weighted by Crippen LogP contribution is 2.34. The van der Waals surface area contributed by atoms with Gasteiger partial charge in [-0.1, -0.05) is 18.2 Å². The van der Waals surface area contributed by atoms with Crippen molar-refractivity contribution >= 4 is 22.3 Å². The highest BCUT2D eigenvalue weighted by molar-refractivity contribution is 5.95. The fourth-order valence-electron chi connectivity index (χ4n) is 1.83. The summed E-state index contributed by atoms with van der Waals surface area (Å²) in [5, 5.41) is 24.7. The van der Waals surface area contributed by atoms with E-state index in [0.29, 0.717) is 16.6 Å². The van der Waals surface area contributed by atoms with Crippen molar-refractivity contribution in [2.75, 3.05) is 5.32 Å². The van der Waals surface area contributed by atoms with Crippen LogP contribution in [0.2, 0.25) is 0 Å². The Kier molecular flexibility index (Phi) is 3.59. The molecule has 1 unspecified atom stereocenters. The van der Waals surface area contributed by atoms with E-state index in [-0.39, 0.29) is 5.69 Å². The third-order valence-corrected chi connectivity index (χ3v) is 3.44. The van der Waals surface area contributed by atoms with Gasteiger partial charge in [-0.25, -0.2) is 4.98 Å². The van der Waals surface area contributed by atoms with Crippen LogP contribution in [0.4, 0.5) is 11.4 Å². The number of fused-ring (bicyclic) bond motifs is 1. The van der Waals surface area contributed by atoms with Gasteiger partial charge in [0.05, 0.1) is 22.1 Å². The maximum Gasteiger partial charge on any atom is 0.311 e. The fourth-order valence-corrected chi connectivity index (χ4v) is 1.83. The summed E-state index contributed by atoms with van der Waals surface area (Å²) in [6.07, 6.45) is 0.567. The molecule has 0 aliphatic heterocycles. The van der Waals surface area contributed by atoms with E-state index >= 15 is 0 Å². The minimum atomic E-state index is -0.700. The predicted octanol–water partition coefficient (Wildman–Crippen LogP) is 2.71. The minimum Gasteiger partial charge on any atom is -0.391 e. The van der Waals surface area contributed by atoms with Crippen LogP contribution in [0.5, 0.6) is 0 Å². The van der Waals surface area contributed by atoms with E-state index in [9.17, 15) is 15.2 Å². The molecule has 0 radical (unpaired) electrons. The number of rotatable bonds is 4. The third-order valence-electron chi connectivity index (χ3n) is 3.44. The standard InChI is InChI=1S/C14H17N3O3/c1-9(18)14(2,3)16-13-10-6-4-5-7-11(10)15-8-12(13)17(19)20/h4-9,18H,1-3H3,(H,15,16). The summed E-state index contributed by atoms with van der Waals surface area (Å²) in [6, 6.07) is 7.19. The van der Waals surface area contributed by atoms with Crippen LogP contribution < -0.4 is 5.32 Å². The van der Waals surface area contributed by atoms with Gasteiger partial charge >= 0.3 is 5.69 Å². The van der Waals surface area contributed by atoms with E-state index < -0.39 is 16.6 Å². The Morgan fingerprint density at radius 2 is 2.05 bits per heavy atom. The molecule has 6 heteroatoms. The number of aromatic nitrogens is 1. The topological polar surface area (TPSA) is 88.3 Å². The quantitative estimate of drug-likeness (QED) is 0.661. The molecule has 6 nitrogen and oxygen atoms in total. The van der Waals surface area contributed by atoms with Gasteiger partial charge in [0.2, 0.25) is 0 Å². The average molecular weight is 275 g/mol. The monoisotopic (exact) mass is 275 g/mol. The smallest absolute Gasteiger partial charge is 0.311 e. The predicted molar refractivity (Wildman–Crippen MR) is 77.8 cm³/mol. The maximum absolute atomic E-state index is 11.2. The highest BCUT2D eigenvalue weighted by atomic mass is 16.6. The van der Waals surface area contributed by atoms with E-state index in [4.69, 9.17) is 0 Å². The molecule has 0 spiro atoms. The Hall–Kier alpha value is -2.21. The number of benzene rings is 1. The van der Waals surface area contributed by atoms with Crippen molar-refractivity contribution in [3.63, 3.8) is 0 Å². The lowest BCUT2D eigenvalue weighted by atomic mass is 9.97. The molecule has 2 rings (SSSR count). The Morgan fingerprint density at radius 1 is 1.40 bits per heavy atom. The van der Waals surface area contributed by atoms with E-state index in [0.717, 1.165) is 0 Å². The molecule has 1 aromatic carbocycles. The van der Waals surface area contributed by atoms with Gasteiger partial charge in [-0.3, -0.25) is 10.1 Å². The van der Waals surface area contributed by atoms with Crippen LogP contribution in [0.15, 0.2) is 30.5 Å². The summed E-state index contributed by atoms with van der Waals surface area (Å²) in [7, 11) is 0. The van der Waals surface area contributed by atoms with Crippen LogP contribution in [0, 0.1) is 10.1 Å². The lowest BCUT2D eigenvalue weighted by molar-refractivity contribution is -0.384. The van der Waals surface area contributed by atoms with Gasteiger partial charge in [-0.15, -0.1) is 0 Å². The van der Waals surface area contributed by atoms with Crippen LogP contribution in [-0.2, 0) is 0 Å². The van der Waals surface area contributed by atoms with E-state index in [2.05, 4.69) is 10.3 Å². The van der Waals surface area contributed by atoms with Crippen LogP contribution in [0.25, 0.3) is 10.9 Å². The third kappa shape index (κ3) is 2.55. The van der Waals surface area contributed by atoms with E-state index in [1.807, 2.05) is 6.07 Å². The van der Waals surface area contributed by atoms with Gasteiger partial charge in [0.1, 0.15) is 11.9 Å². The molecule has 1 atom stereocenters. The largest absolute Gasteiger partial charge is 0.391 e. The molecule has 0 amide bonds. The Balaban J connectivity index is 2.64. The molecule has 0 aliphatic carbocycles. The molecular weight excluding hydrogens is 258 g/mol. The van der Waals surface area contributed by atoms with Gasteiger partial charge in [-0.05, 0) is 26.8 Å². The number of aliphatic hydroxyl groups excluding tert-OH is 1. The Labute approximate surface area is 116 Å². The van der Waals surface area contributed by atoms with E-state index in [1.165, 1.54) is 6.20 Å². The average Bonchev–Trinajstić information content (AvgIpc) is 2.38. The number of para-hydroxylation sites is 1. The molecule has 0 saturated heterocycles. The van der Waals surface area contributed by atoms with Crippen molar-refractivity contribution in [2.24, 2.45) is 0 Å². The van der Waals surface area contributed by atoms with Gasteiger partial charge in [-0.2, -0.15) is 0 Å². The number of pyridine rings is 1. The van der Waals surface area contributed by atoms with Crippen molar-refractivity contribution in [1.29, 1.82) is 0 Å². The zero-order chi connectivity index (χ0) is 14.9. The second kappa shape index (κ2) is 5.05. The molecule has 0 saturated carbocycles. The van der Waals surface area contributed by atoms with Crippen molar-refractivity contribution in [3.05, 3.63) is 40.6 Å².